The van der Waals surface area contributed by atoms with Gasteiger partial charge in [-0.15, -0.1) is 22.7 Å². The fourth-order valence-electron chi connectivity index (χ4n) is 2.51. The molecule has 0 saturated heterocycles. The summed E-state index contributed by atoms with van der Waals surface area (Å²) in [5, 5.41) is 4.18. The summed E-state index contributed by atoms with van der Waals surface area (Å²) in [4.78, 5) is 2.38. The van der Waals surface area contributed by atoms with Crippen molar-refractivity contribution in [1.29, 1.82) is 0 Å². The van der Waals surface area contributed by atoms with E-state index in [2.05, 4.69) is 74.9 Å². The molecule has 1 aromatic carbocycles. The molecule has 126 valence electrons. The Balaban J connectivity index is 2.18. The van der Waals surface area contributed by atoms with Gasteiger partial charge >= 0.3 is 0 Å². The minimum absolute atomic E-state index is 0.122. The van der Waals surface area contributed by atoms with Crippen molar-refractivity contribution in [3.05, 3.63) is 47.2 Å². The zero-order valence-corrected chi connectivity index (χ0v) is 16.0. The summed E-state index contributed by atoms with van der Waals surface area (Å²) in [6.45, 7) is 8.23. The molecule has 0 fully saturated rings. The first-order valence-corrected chi connectivity index (χ1v) is 9.89. The summed E-state index contributed by atoms with van der Waals surface area (Å²) < 4.78 is 12.2. The minimum Gasteiger partial charge on any atom is -0.490 e. The quantitative estimate of drug-likeness (QED) is 0.487. The molecule has 2 aromatic heterocycles. The fourth-order valence-corrected chi connectivity index (χ4v) is 4.01. The lowest BCUT2D eigenvalue weighted by molar-refractivity contribution is 0.237. The fraction of sp³-hybridized carbons (Fsp3) is 0.300. The van der Waals surface area contributed by atoms with Gasteiger partial charge < -0.3 is 9.47 Å². The van der Waals surface area contributed by atoms with E-state index in [0.29, 0.717) is 0 Å². The molecule has 0 amide bonds. The van der Waals surface area contributed by atoms with Gasteiger partial charge in [-0.2, -0.15) is 0 Å². The maximum atomic E-state index is 6.12. The number of benzene rings is 1. The van der Waals surface area contributed by atoms with E-state index in [1.807, 2.05) is 0 Å². The van der Waals surface area contributed by atoms with Gasteiger partial charge in [-0.25, -0.2) is 0 Å². The molecule has 0 aliphatic carbocycles. The molecule has 0 aliphatic rings. The maximum absolute atomic E-state index is 6.12. The van der Waals surface area contributed by atoms with Crippen LogP contribution in [-0.4, -0.2) is 12.2 Å². The van der Waals surface area contributed by atoms with Crippen LogP contribution < -0.4 is 9.47 Å². The average molecular weight is 359 g/mol. The van der Waals surface area contributed by atoms with Gasteiger partial charge in [0.15, 0.2) is 0 Å². The monoisotopic (exact) mass is 358 g/mol. The molecule has 4 heteroatoms. The molecule has 0 atom stereocenters. The van der Waals surface area contributed by atoms with Crippen LogP contribution in [0.2, 0.25) is 0 Å². The van der Waals surface area contributed by atoms with Gasteiger partial charge in [0.25, 0.3) is 0 Å². The lowest BCUT2D eigenvalue weighted by Gasteiger charge is -2.19. The molecule has 0 bridgehead atoms. The lowest BCUT2D eigenvalue weighted by Crippen LogP contribution is -2.09. The van der Waals surface area contributed by atoms with Crippen molar-refractivity contribution in [2.24, 2.45) is 0 Å². The molecule has 2 nitrogen and oxygen atoms in total. The molecule has 3 rings (SSSR count). The second kappa shape index (κ2) is 7.41. The normalized spacial score (nSPS) is 11.2. The van der Waals surface area contributed by atoms with Crippen LogP contribution in [0.3, 0.4) is 0 Å². The first-order valence-electron chi connectivity index (χ1n) is 8.13. The number of thiophene rings is 2. The van der Waals surface area contributed by atoms with Crippen LogP contribution in [0.5, 0.6) is 11.5 Å². The molecular weight excluding hydrogens is 336 g/mol. The van der Waals surface area contributed by atoms with E-state index in [-0.39, 0.29) is 12.2 Å². The summed E-state index contributed by atoms with van der Waals surface area (Å²) in [6, 6.07) is 12.6. The number of rotatable bonds is 6. The van der Waals surface area contributed by atoms with E-state index in [9.17, 15) is 0 Å². The van der Waals surface area contributed by atoms with Crippen LogP contribution in [0.1, 0.15) is 27.7 Å². The highest BCUT2D eigenvalue weighted by Crippen LogP contribution is 2.44. The first kappa shape index (κ1) is 17.1. The van der Waals surface area contributed by atoms with Gasteiger partial charge in [-0.1, -0.05) is 12.1 Å². The zero-order valence-electron chi connectivity index (χ0n) is 14.4. The van der Waals surface area contributed by atoms with Crippen molar-refractivity contribution in [3.8, 4) is 32.4 Å². The van der Waals surface area contributed by atoms with Gasteiger partial charge in [-0.05, 0) is 62.7 Å². The SMILES string of the molecule is CC(C)Oc1cc(-c2cccs2)c(OC(C)C)cc1-c1cccs1. The van der Waals surface area contributed by atoms with E-state index in [4.69, 9.17) is 9.47 Å². The van der Waals surface area contributed by atoms with Crippen molar-refractivity contribution in [2.45, 2.75) is 39.9 Å². The molecule has 0 aliphatic heterocycles. The second-order valence-corrected chi connectivity index (χ2v) is 8.03. The van der Waals surface area contributed by atoms with E-state index in [1.165, 1.54) is 9.75 Å². The molecular formula is C20H22O2S2. The van der Waals surface area contributed by atoms with Crippen molar-refractivity contribution in [2.75, 3.05) is 0 Å². The van der Waals surface area contributed by atoms with E-state index < -0.39 is 0 Å². The van der Waals surface area contributed by atoms with Gasteiger partial charge in [-0.3, -0.25) is 0 Å². The van der Waals surface area contributed by atoms with Crippen LogP contribution in [-0.2, 0) is 0 Å². The molecule has 3 aromatic rings. The van der Waals surface area contributed by atoms with E-state index in [1.54, 1.807) is 22.7 Å². The van der Waals surface area contributed by atoms with E-state index >= 15 is 0 Å². The Morgan fingerprint density at radius 3 is 1.42 bits per heavy atom. The standard InChI is InChI=1S/C20H22O2S2/c1-13(2)21-17-11-16(20-8-6-10-24-20)18(22-14(3)4)12-15(17)19-7-5-9-23-19/h5-14H,1-4H3. The molecule has 0 radical (unpaired) electrons. The third-order valence-corrected chi connectivity index (χ3v) is 5.19. The highest BCUT2D eigenvalue weighted by molar-refractivity contribution is 7.14. The van der Waals surface area contributed by atoms with Gasteiger partial charge in [0.2, 0.25) is 0 Å². The average Bonchev–Trinajstić information content (AvgIpc) is 3.20. The van der Waals surface area contributed by atoms with Crippen LogP contribution in [0, 0.1) is 0 Å². The highest BCUT2D eigenvalue weighted by atomic mass is 32.1. The predicted octanol–water partition coefficient (Wildman–Crippen LogP) is 6.72. The Labute approximate surface area is 151 Å². The van der Waals surface area contributed by atoms with Crippen LogP contribution in [0.4, 0.5) is 0 Å². The van der Waals surface area contributed by atoms with Crippen molar-refractivity contribution < 1.29 is 9.47 Å². The van der Waals surface area contributed by atoms with Gasteiger partial charge in [0.1, 0.15) is 11.5 Å². The molecule has 2 heterocycles. The Hall–Kier alpha value is -1.78. The molecule has 0 N–H and O–H groups in total. The van der Waals surface area contributed by atoms with E-state index in [0.717, 1.165) is 22.6 Å². The summed E-state index contributed by atoms with van der Waals surface area (Å²) in [5.74, 6) is 1.82. The third kappa shape index (κ3) is 3.82. The smallest absolute Gasteiger partial charge is 0.129 e. The Morgan fingerprint density at radius 1 is 0.708 bits per heavy atom. The van der Waals surface area contributed by atoms with Gasteiger partial charge in [0, 0.05) is 20.9 Å². The first-order chi connectivity index (χ1) is 11.5. The number of ether oxygens (including phenoxy) is 2. The minimum atomic E-state index is 0.122. The van der Waals surface area contributed by atoms with Crippen LogP contribution in [0.15, 0.2) is 47.2 Å². The Morgan fingerprint density at radius 2 is 1.12 bits per heavy atom. The summed E-state index contributed by atoms with van der Waals surface area (Å²) in [7, 11) is 0. The summed E-state index contributed by atoms with van der Waals surface area (Å²) >= 11 is 3.43. The topological polar surface area (TPSA) is 18.5 Å². The highest BCUT2D eigenvalue weighted by Gasteiger charge is 2.18. The maximum Gasteiger partial charge on any atom is 0.129 e. The van der Waals surface area contributed by atoms with Crippen molar-refractivity contribution in [3.63, 3.8) is 0 Å². The number of hydrogen-bond donors (Lipinski definition) is 0. The van der Waals surface area contributed by atoms with Crippen LogP contribution >= 0.6 is 22.7 Å². The van der Waals surface area contributed by atoms with Crippen LogP contribution in [0.25, 0.3) is 20.9 Å². The largest absolute Gasteiger partial charge is 0.490 e. The predicted molar refractivity (Wildman–Crippen MR) is 105 cm³/mol. The number of hydrogen-bond acceptors (Lipinski definition) is 4. The molecule has 24 heavy (non-hydrogen) atoms. The summed E-state index contributed by atoms with van der Waals surface area (Å²) in [5.41, 5.74) is 2.18. The third-order valence-electron chi connectivity index (χ3n) is 3.38. The Bertz CT molecular complexity index is 704. The lowest BCUT2D eigenvalue weighted by atomic mass is 10.1. The van der Waals surface area contributed by atoms with Crippen molar-refractivity contribution in [1.82, 2.24) is 0 Å². The second-order valence-electron chi connectivity index (χ2n) is 6.13. The Kier molecular flexibility index (Phi) is 5.27. The molecule has 0 unspecified atom stereocenters. The summed E-state index contributed by atoms with van der Waals surface area (Å²) in [6.07, 6.45) is 0.244. The zero-order chi connectivity index (χ0) is 17.1. The van der Waals surface area contributed by atoms with Crippen molar-refractivity contribution >= 4 is 22.7 Å². The molecule has 0 spiro atoms. The van der Waals surface area contributed by atoms with Gasteiger partial charge in [0.05, 0.1) is 12.2 Å². The molecule has 0 saturated carbocycles.